The predicted octanol–water partition coefficient (Wildman–Crippen LogP) is 1.93. The van der Waals surface area contributed by atoms with Gasteiger partial charge in [0.1, 0.15) is 9.09 Å². The summed E-state index contributed by atoms with van der Waals surface area (Å²) in [5, 5.41) is 8.76. The highest BCUT2D eigenvalue weighted by Gasteiger charge is 2.18. The van der Waals surface area contributed by atoms with Crippen molar-refractivity contribution < 1.29 is 23.1 Å². The summed E-state index contributed by atoms with van der Waals surface area (Å²) in [6.07, 6.45) is 1.61. The summed E-state index contributed by atoms with van der Waals surface area (Å²) in [5.41, 5.74) is 0. The number of carboxylic acids is 1. The first-order chi connectivity index (χ1) is 9.33. The summed E-state index contributed by atoms with van der Waals surface area (Å²) in [6, 6.07) is 2.59. The van der Waals surface area contributed by atoms with Crippen LogP contribution in [0, 0.1) is 0 Å². The molecule has 2 N–H and O–H groups in total. The normalized spacial score (nSPS) is 11.9. The van der Waals surface area contributed by atoms with Gasteiger partial charge in [-0.3, -0.25) is 0 Å². The molecule has 0 fully saturated rings. The number of nitrogens with one attached hydrogen (secondary N) is 1. The number of unbranched alkanes of at least 4 members (excludes halogenated alkanes) is 1. The van der Waals surface area contributed by atoms with Crippen molar-refractivity contribution in [2.75, 3.05) is 13.2 Å². The van der Waals surface area contributed by atoms with Gasteiger partial charge in [-0.05, 0) is 38.8 Å². The van der Waals surface area contributed by atoms with Crippen molar-refractivity contribution in [2.45, 2.75) is 37.0 Å². The third kappa shape index (κ3) is 5.58. The molecule has 20 heavy (non-hydrogen) atoms. The number of sulfonamides is 1. The van der Waals surface area contributed by atoms with E-state index in [1.165, 1.54) is 12.1 Å². The number of ether oxygens (including phenoxy) is 1. The van der Waals surface area contributed by atoms with E-state index in [0.29, 0.717) is 19.6 Å². The van der Waals surface area contributed by atoms with Gasteiger partial charge in [-0.25, -0.2) is 17.9 Å². The number of rotatable bonds is 9. The molecule has 1 aromatic rings. The summed E-state index contributed by atoms with van der Waals surface area (Å²) < 4.78 is 31.6. The molecule has 0 aromatic carbocycles. The van der Waals surface area contributed by atoms with Crippen LogP contribution < -0.4 is 4.72 Å². The maximum Gasteiger partial charge on any atom is 0.345 e. The molecular formula is C12H19NO5S2. The average Bonchev–Trinajstić information content (AvgIpc) is 2.83. The third-order valence-corrected chi connectivity index (χ3v) is 5.40. The Balaban J connectivity index is 2.39. The second-order valence-corrected chi connectivity index (χ2v) is 7.53. The van der Waals surface area contributed by atoms with Crippen LogP contribution in [0.25, 0.3) is 0 Å². The highest BCUT2D eigenvalue weighted by molar-refractivity contribution is 7.91. The maximum atomic E-state index is 11.9. The molecule has 0 saturated carbocycles. The molecule has 0 radical (unpaired) electrons. The molecule has 1 aromatic heterocycles. The van der Waals surface area contributed by atoms with Gasteiger partial charge in [-0.2, -0.15) is 0 Å². The van der Waals surface area contributed by atoms with Crippen molar-refractivity contribution in [2.24, 2.45) is 0 Å². The van der Waals surface area contributed by atoms with Crippen molar-refractivity contribution in [1.29, 1.82) is 0 Å². The first kappa shape index (κ1) is 17.1. The molecule has 0 amide bonds. The summed E-state index contributed by atoms with van der Waals surface area (Å²) in [6.45, 7) is 4.80. The Kier molecular flexibility index (Phi) is 6.60. The van der Waals surface area contributed by atoms with E-state index in [9.17, 15) is 13.2 Å². The maximum absolute atomic E-state index is 11.9. The lowest BCUT2D eigenvalue weighted by Crippen LogP contribution is -2.24. The lowest BCUT2D eigenvalue weighted by Gasteiger charge is -2.07. The molecule has 114 valence electrons. The number of carbonyl (C=O) groups is 1. The van der Waals surface area contributed by atoms with E-state index in [1.807, 2.05) is 13.8 Å². The van der Waals surface area contributed by atoms with Crippen LogP contribution in [0.2, 0.25) is 0 Å². The lowest BCUT2D eigenvalue weighted by atomic mass is 10.3. The van der Waals surface area contributed by atoms with Crippen LogP contribution in [-0.2, 0) is 14.8 Å². The number of thiophene rings is 1. The minimum atomic E-state index is -3.61. The molecule has 0 atom stereocenters. The molecule has 0 aliphatic carbocycles. The number of aromatic carboxylic acids is 1. The summed E-state index contributed by atoms with van der Waals surface area (Å²) >= 11 is 0.745. The molecule has 8 heteroatoms. The number of hydrogen-bond donors (Lipinski definition) is 2. The fourth-order valence-electron chi connectivity index (χ4n) is 1.40. The Labute approximate surface area is 122 Å². The highest BCUT2D eigenvalue weighted by atomic mass is 32.2. The Morgan fingerprint density at radius 3 is 2.65 bits per heavy atom. The van der Waals surface area contributed by atoms with Gasteiger partial charge < -0.3 is 9.84 Å². The van der Waals surface area contributed by atoms with Crippen LogP contribution in [0.1, 0.15) is 36.4 Å². The van der Waals surface area contributed by atoms with Crippen LogP contribution in [0.5, 0.6) is 0 Å². The van der Waals surface area contributed by atoms with E-state index in [1.54, 1.807) is 0 Å². The zero-order valence-electron chi connectivity index (χ0n) is 11.5. The van der Waals surface area contributed by atoms with Crippen molar-refractivity contribution in [3.05, 3.63) is 17.0 Å². The summed E-state index contributed by atoms with van der Waals surface area (Å²) in [4.78, 5) is 10.7. The van der Waals surface area contributed by atoms with Crippen LogP contribution >= 0.6 is 11.3 Å². The van der Waals surface area contributed by atoms with Gasteiger partial charge in [-0.15, -0.1) is 11.3 Å². The Hall–Kier alpha value is -0.960. The Morgan fingerprint density at radius 1 is 1.40 bits per heavy atom. The molecular weight excluding hydrogens is 302 g/mol. The van der Waals surface area contributed by atoms with Gasteiger partial charge in [-0.1, -0.05) is 0 Å². The monoisotopic (exact) mass is 321 g/mol. The second-order valence-electron chi connectivity index (χ2n) is 4.45. The van der Waals surface area contributed by atoms with Crippen molar-refractivity contribution >= 4 is 27.3 Å². The van der Waals surface area contributed by atoms with Crippen molar-refractivity contribution in [3.8, 4) is 0 Å². The van der Waals surface area contributed by atoms with E-state index >= 15 is 0 Å². The molecule has 0 aliphatic heterocycles. The molecule has 0 bridgehead atoms. The summed E-state index contributed by atoms with van der Waals surface area (Å²) in [5.74, 6) is -1.12. The molecule has 0 unspecified atom stereocenters. The van der Waals surface area contributed by atoms with E-state index in [0.717, 1.165) is 17.8 Å². The smallest absolute Gasteiger partial charge is 0.345 e. The fourth-order valence-corrected chi connectivity index (χ4v) is 3.67. The van der Waals surface area contributed by atoms with E-state index < -0.39 is 16.0 Å². The van der Waals surface area contributed by atoms with Crippen molar-refractivity contribution in [3.63, 3.8) is 0 Å². The van der Waals surface area contributed by atoms with Crippen LogP contribution in [0.4, 0.5) is 0 Å². The second kappa shape index (κ2) is 7.72. The number of carboxylic acid groups (broad SMARTS) is 1. The SMILES string of the molecule is CC(C)OCCCCNS(=O)(=O)c1ccc(C(=O)O)s1. The van der Waals surface area contributed by atoms with Crippen molar-refractivity contribution in [1.82, 2.24) is 4.72 Å². The van der Waals surface area contributed by atoms with Crippen LogP contribution in [0.15, 0.2) is 16.3 Å². The van der Waals surface area contributed by atoms with E-state index in [-0.39, 0.29) is 15.2 Å². The topological polar surface area (TPSA) is 92.7 Å². The third-order valence-electron chi connectivity index (χ3n) is 2.37. The van der Waals surface area contributed by atoms with Gasteiger partial charge in [0.25, 0.3) is 0 Å². The van der Waals surface area contributed by atoms with Crippen LogP contribution in [-0.4, -0.2) is 38.7 Å². The average molecular weight is 321 g/mol. The largest absolute Gasteiger partial charge is 0.477 e. The standard InChI is InChI=1S/C12H19NO5S2/c1-9(2)18-8-4-3-7-13-20(16,17)11-6-5-10(19-11)12(14)15/h5-6,9,13H,3-4,7-8H2,1-2H3,(H,14,15). The molecule has 6 nitrogen and oxygen atoms in total. The number of hydrogen-bond acceptors (Lipinski definition) is 5. The molecule has 0 saturated heterocycles. The van der Waals surface area contributed by atoms with Gasteiger partial charge in [0, 0.05) is 13.2 Å². The lowest BCUT2D eigenvalue weighted by molar-refractivity contribution is 0.0702. The molecule has 1 rings (SSSR count). The first-order valence-corrected chi connectivity index (χ1v) is 8.57. The van der Waals surface area contributed by atoms with E-state index in [4.69, 9.17) is 9.84 Å². The fraction of sp³-hybridized carbons (Fsp3) is 0.583. The van der Waals surface area contributed by atoms with Gasteiger partial charge in [0.05, 0.1) is 6.10 Å². The van der Waals surface area contributed by atoms with Crippen LogP contribution in [0.3, 0.4) is 0 Å². The first-order valence-electron chi connectivity index (χ1n) is 6.27. The zero-order valence-corrected chi connectivity index (χ0v) is 13.1. The van der Waals surface area contributed by atoms with Gasteiger partial charge >= 0.3 is 5.97 Å². The van der Waals surface area contributed by atoms with E-state index in [2.05, 4.69) is 4.72 Å². The molecule has 0 spiro atoms. The molecule has 1 heterocycles. The minimum absolute atomic E-state index is 0.00992. The predicted molar refractivity (Wildman–Crippen MR) is 76.8 cm³/mol. The molecule has 0 aliphatic rings. The Bertz CT molecular complexity index is 536. The summed E-state index contributed by atoms with van der Waals surface area (Å²) in [7, 11) is -3.61. The Morgan fingerprint density at radius 2 is 2.10 bits per heavy atom. The minimum Gasteiger partial charge on any atom is -0.477 e. The van der Waals surface area contributed by atoms with Gasteiger partial charge in [0.2, 0.25) is 10.0 Å². The van der Waals surface area contributed by atoms with Gasteiger partial charge in [0.15, 0.2) is 0 Å². The zero-order chi connectivity index (χ0) is 15.2. The quantitative estimate of drug-likeness (QED) is 0.678. The highest BCUT2D eigenvalue weighted by Crippen LogP contribution is 2.21.